The Kier molecular flexibility index (Phi) is 5.14. The molecule has 0 saturated carbocycles. The number of hydrogen-bond donors (Lipinski definition) is 2. The standard InChI is InChI=1S/C12H12Cl2O4/c1-6(15)10(14)9-4-7(5-13)2-3-8(9)11(16)12(17)18/h2-4,10-11,16H,5H2,1H3,(H,17,18). The number of aliphatic hydroxyl groups is 1. The molecule has 0 aliphatic rings. The maximum absolute atomic E-state index is 11.3. The van der Waals surface area contributed by atoms with Crippen molar-refractivity contribution in [1.29, 1.82) is 0 Å². The quantitative estimate of drug-likeness (QED) is 0.817. The van der Waals surface area contributed by atoms with Gasteiger partial charge in [0.15, 0.2) is 11.9 Å². The molecule has 0 aromatic heterocycles. The second-order valence-corrected chi connectivity index (χ2v) is 4.51. The fourth-order valence-electron chi connectivity index (χ4n) is 1.53. The average Bonchev–Trinajstić information content (AvgIpc) is 2.35. The van der Waals surface area contributed by atoms with Gasteiger partial charge in [-0.25, -0.2) is 4.79 Å². The first-order chi connectivity index (χ1) is 8.38. The van der Waals surface area contributed by atoms with Crippen molar-refractivity contribution in [2.45, 2.75) is 24.3 Å². The minimum Gasteiger partial charge on any atom is -0.479 e. The average molecular weight is 291 g/mol. The van der Waals surface area contributed by atoms with E-state index in [4.69, 9.17) is 28.3 Å². The number of benzene rings is 1. The smallest absolute Gasteiger partial charge is 0.337 e. The van der Waals surface area contributed by atoms with Gasteiger partial charge in [-0.1, -0.05) is 18.2 Å². The molecule has 1 rings (SSSR count). The largest absolute Gasteiger partial charge is 0.479 e. The summed E-state index contributed by atoms with van der Waals surface area (Å²) in [6.45, 7) is 1.29. The number of Topliss-reactive ketones (excluding diaryl/α,β-unsaturated/α-hetero) is 1. The molecular weight excluding hydrogens is 279 g/mol. The van der Waals surface area contributed by atoms with Crippen LogP contribution in [-0.2, 0) is 15.5 Å². The molecule has 0 amide bonds. The van der Waals surface area contributed by atoms with Crippen LogP contribution in [0.4, 0.5) is 0 Å². The van der Waals surface area contributed by atoms with Crippen LogP contribution in [0.1, 0.15) is 35.1 Å². The van der Waals surface area contributed by atoms with Gasteiger partial charge in [-0.3, -0.25) is 4.79 Å². The second-order valence-electron chi connectivity index (χ2n) is 3.81. The van der Waals surface area contributed by atoms with Gasteiger partial charge in [0.05, 0.1) is 0 Å². The van der Waals surface area contributed by atoms with Crippen LogP contribution in [-0.4, -0.2) is 22.0 Å². The van der Waals surface area contributed by atoms with Crippen molar-refractivity contribution in [3.05, 3.63) is 34.9 Å². The van der Waals surface area contributed by atoms with Crippen molar-refractivity contribution in [2.75, 3.05) is 0 Å². The van der Waals surface area contributed by atoms with Crippen LogP contribution < -0.4 is 0 Å². The van der Waals surface area contributed by atoms with Crippen LogP contribution in [0.25, 0.3) is 0 Å². The number of carbonyl (C=O) groups excluding carboxylic acids is 1. The van der Waals surface area contributed by atoms with Crippen molar-refractivity contribution >= 4 is 35.0 Å². The molecule has 0 saturated heterocycles. The summed E-state index contributed by atoms with van der Waals surface area (Å²) in [4.78, 5) is 22.1. The molecule has 0 spiro atoms. The summed E-state index contributed by atoms with van der Waals surface area (Å²) < 4.78 is 0. The Morgan fingerprint density at radius 1 is 1.33 bits per heavy atom. The Labute approximate surface area is 114 Å². The molecule has 18 heavy (non-hydrogen) atoms. The minimum absolute atomic E-state index is 0.103. The molecule has 0 radical (unpaired) electrons. The van der Waals surface area contributed by atoms with Crippen LogP contribution in [0.15, 0.2) is 18.2 Å². The molecule has 2 unspecified atom stereocenters. The van der Waals surface area contributed by atoms with Crippen LogP contribution in [0, 0.1) is 0 Å². The van der Waals surface area contributed by atoms with Gasteiger partial charge in [0.25, 0.3) is 0 Å². The van der Waals surface area contributed by atoms with E-state index in [1.54, 1.807) is 6.07 Å². The predicted molar refractivity (Wildman–Crippen MR) is 67.9 cm³/mol. The fraction of sp³-hybridized carbons (Fsp3) is 0.333. The van der Waals surface area contributed by atoms with Gasteiger partial charge >= 0.3 is 5.97 Å². The number of hydrogen-bond acceptors (Lipinski definition) is 3. The van der Waals surface area contributed by atoms with E-state index in [0.29, 0.717) is 5.56 Å². The predicted octanol–water partition coefficient (Wildman–Crippen LogP) is 2.41. The van der Waals surface area contributed by atoms with Gasteiger partial charge in [-0.2, -0.15) is 0 Å². The Bertz CT molecular complexity index is 473. The summed E-state index contributed by atoms with van der Waals surface area (Å²) in [6, 6.07) is 4.54. The maximum atomic E-state index is 11.3. The third kappa shape index (κ3) is 3.22. The van der Waals surface area contributed by atoms with E-state index in [0.717, 1.165) is 0 Å². The maximum Gasteiger partial charge on any atom is 0.337 e. The lowest BCUT2D eigenvalue weighted by Crippen LogP contribution is -2.15. The van der Waals surface area contributed by atoms with E-state index < -0.39 is 17.5 Å². The van der Waals surface area contributed by atoms with Crippen molar-refractivity contribution in [1.82, 2.24) is 0 Å². The molecule has 1 aromatic rings. The van der Waals surface area contributed by atoms with Crippen molar-refractivity contribution < 1.29 is 19.8 Å². The summed E-state index contributed by atoms with van der Waals surface area (Å²) in [5.74, 6) is -1.53. The lowest BCUT2D eigenvalue weighted by molar-refractivity contribution is -0.147. The monoisotopic (exact) mass is 290 g/mol. The number of carboxylic acids is 1. The molecule has 0 bridgehead atoms. The molecule has 0 fully saturated rings. The second kappa shape index (κ2) is 6.18. The molecule has 98 valence electrons. The van der Waals surface area contributed by atoms with Crippen molar-refractivity contribution in [3.63, 3.8) is 0 Å². The SMILES string of the molecule is CC(=O)C(Cl)c1cc(CCl)ccc1C(O)C(=O)O. The number of aliphatic carboxylic acids is 1. The van der Waals surface area contributed by atoms with Gasteiger partial charge in [-0.05, 0) is 23.6 Å². The Balaban J connectivity index is 3.33. The Hall–Kier alpha value is -1.10. The van der Waals surface area contributed by atoms with E-state index in [1.165, 1.54) is 19.1 Å². The molecular formula is C12H12Cl2O4. The molecule has 2 N–H and O–H groups in total. The molecule has 6 heteroatoms. The third-order valence-electron chi connectivity index (χ3n) is 2.46. The van der Waals surface area contributed by atoms with Gasteiger partial charge in [0.2, 0.25) is 0 Å². The van der Waals surface area contributed by atoms with E-state index in [9.17, 15) is 14.7 Å². The Morgan fingerprint density at radius 3 is 2.39 bits per heavy atom. The summed E-state index contributed by atoms with van der Waals surface area (Å²) in [7, 11) is 0. The summed E-state index contributed by atoms with van der Waals surface area (Å²) >= 11 is 11.6. The zero-order valence-corrected chi connectivity index (χ0v) is 11.1. The number of ketones is 1. The van der Waals surface area contributed by atoms with Crippen molar-refractivity contribution in [3.8, 4) is 0 Å². The summed E-state index contributed by atoms with van der Waals surface area (Å²) in [6.07, 6.45) is -1.72. The summed E-state index contributed by atoms with van der Waals surface area (Å²) in [5.41, 5.74) is 1.07. The van der Waals surface area contributed by atoms with Gasteiger partial charge in [0.1, 0.15) is 5.38 Å². The number of aliphatic hydroxyl groups excluding tert-OH is 1. The molecule has 0 aliphatic heterocycles. The first-order valence-corrected chi connectivity index (χ1v) is 6.09. The first kappa shape index (κ1) is 15.0. The lowest BCUT2D eigenvalue weighted by Gasteiger charge is -2.16. The highest BCUT2D eigenvalue weighted by molar-refractivity contribution is 6.31. The highest BCUT2D eigenvalue weighted by Gasteiger charge is 2.25. The highest BCUT2D eigenvalue weighted by atomic mass is 35.5. The molecule has 1 aromatic carbocycles. The van der Waals surface area contributed by atoms with E-state index in [-0.39, 0.29) is 22.8 Å². The number of halogens is 2. The molecule has 4 nitrogen and oxygen atoms in total. The lowest BCUT2D eigenvalue weighted by atomic mass is 9.96. The highest BCUT2D eigenvalue weighted by Crippen LogP contribution is 2.30. The molecule has 2 atom stereocenters. The first-order valence-electron chi connectivity index (χ1n) is 5.12. The van der Waals surface area contributed by atoms with Crippen LogP contribution in [0.3, 0.4) is 0 Å². The summed E-state index contributed by atoms with van der Waals surface area (Å²) in [5, 5.41) is 17.4. The minimum atomic E-state index is -1.72. The van der Waals surface area contributed by atoms with Crippen LogP contribution >= 0.6 is 23.2 Å². The number of carboxylic acid groups (broad SMARTS) is 1. The van der Waals surface area contributed by atoms with Gasteiger partial charge < -0.3 is 10.2 Å². The Morgan fingerprint density at radius 2 is 1.94 bits per heavy atom. The van der Waals surface area contributed by atoms with Gasteiger partial charge in [-0.15, -0.1) is 23.2 Å². The third-order valence-corrected chi connectivity index (χ3v) is 3.31. The van der Waals surface area contributed by atoms with Gasteiger partial charge in [0, 0.05) is 5.88 Å². The van der Waals surface area contributed by atoms with Crippen molar-refractivity contribution in [2.24, 2.45) is 0 Å². The fourth-order valence-corrected chi connectivity index (χ4v) is 1.88. The van der Waals surface area contributed by atoms with Crippen LogP contribution in [0.2, 0.25) is 0 Å². The van der Waals surface area contributed by atoms with E-state index in [1.807, 2.05) is 0 Å². The number of carbonyl (C=O) groups is 2. The van der Waals surface area contributed by atoms with E-state index in [2.05, 4.69) is 0 Å². The number of alkyl halides is 2. The van der Waals surface area contributed by atoms with Crippen LogP contribution in [0.5, 0.6) is 0 Å². The zero-order chi connectivity index (χ0) is 13.9. The molecule has 0 heterocycles. The zero-order valence-electron chi connectivity index (χ0n) is 9.56. The van der Waals surface area contributed by atoms with E-state index >= 15 is 0 Å². The topological polar surface area (TPSA) is 74.6 Å². The molecule has 0 aliphatic carbocycles. The number of rotatable bonds is 5. The normalized spacial score (nSPS) is 14.0.